The normalized spacial score (nSPS) is 10.8. The third-order valence-electron chi connectivity index (χ3n) is 5.04. The highest BCUT2D eigenvalue weighted by atomic mass is 16.5. The van der Waals surface area contributed by atoms with E-state index in [0.717, 1.165) is 39.0 Å². The summed E-state index contributed by atoms with van der Waals surface area (Å²) in [5.74, 6) is 0.0702. The Labute approximate surface area is 176 Å². The van der Waals surface area contributed by atoms with Crippen molar-refractivity contribution in [3.05, 3.63) is 64.9 Å². The van der Waals surface area contributed by atoms with Gasteiger partial charge in [0.05, 0.1) is 19.3 Å². The molecule has 0 aliphatic heterocycles. The summed E-state index contributed by atoms with van der Waals surface area (Å²) in [6.45, 7) is 6.70. The van der Waals surface area contributed by atoms with Gasteiger partial charge in [0.2, 0.25) is 0 Å². The molecule has 1 heterocycles. The van der Waals surface area contributed by atoms with Gasteiger partial charge in [0, 0.05) is 24.5 Å². The summed E-state index contributed by atoms with van der Waals surface area (Å²) < 4.78 is 16.2. The maximum Gasteiger partial charge on any atom is 0.310 e. The van der Waals surface area contributed by atoms with Crippen molar-refractivity contribution in [1.82, 2.24) is 4.90 Å². The van der Waals surface area contributed by atoms with E-state index in [2.05, 4.69) is 0 Å². The summed E-state index contributed by atoms with van der Waals surface area (Å²) in [5, 5.41) is 0.897. The summed E-state index contributed by atoms with van der Waals surface area (Å²) in [7, 11) is 1.68. The van der Waals surface area contributed by atoms with E-state index in [1.807, 2.05) is 57.2 Å². The number of furan rings is 1. The monoisotopic (exact) mass is 409 g/mol. The van der Waals surface area contributed by atoms with Crippen LogP contribution in [0, 0.1) is 13.8 Å². The Morgan fingerprint density at radius 2 is 1.77 bits per heavy atom. The lowest BCUT2D eigenvalue weighted by molar-refractivity contribution is -0.151. The molecule has 6 heteroatoms. The third kappa shape index (κ3) is 5.20. The van der Waals surface area contributed by atoms with Gasteiger partial charge in [0.25, 0.3) is 5.91 Å². The Kier molecular flexibility index (Phi) is 6.77. The van der Waals surface area contributed by atoms with Gasteiger partial charge in [-0.1, -0.05) is 12.1 Å². The highest BCUT2D eigenvalue weighted by Crippen LogP contribution is 2.25. The molecule has 0 fully saturated rings. The van der Waals surface area contributed by atoms with E-state index in [9.17, 15) is 9.59 Å². The lowest BCUT2D eigenvalue weighted by Crippen LogP contribution is -2.31. The molecule has 30 heavy (non-hydrogen) atoms. The molecule has 3 aromatic rings. The molecule has 0 aliphatic rings. The number of likely N-dealkylation sites (N-methyl/N-ethyl adjacent to an activating group) is 1. The van der Waals surface area contributed by atoms with Gasteiger partial charge in [-0.05, 0) is 61.7 Å². The van der Waals surface area contributed by atoms with Gasteiger partial charge in [-0.3, -0.25) is 9.59 Å². The van der Waals surface area contributed by atoms with Gasteiger partial charge >= 0.3 is 5.97 Å². The van der Waals surface area contributed by atoms with E-state index in [0.29, 0.717) is 13.2 Å². The molecule has 0 spiro atoms. The number of hydrogen-bond acceptors (Lipinski definition) is 5. The molecular weight excluding hydrogens is 382 g/mol. The highest BCUT2D eigenvalue weighted by molar-refractivity contribution is 5.87. The van der Waals surface area contributed by atoms with Crippen LogP contribution >= 0.6 is 0 Å². The highest BCUT2D eigenvalue weighted by Gasteiger charge is 2.16. The van der Waals surface area contributed by atoms with Crippen LogP contribution in [0.2, 0.25) is 0 Å². The van der Waals surface area contributed by atoms with Crippen LogP contribution in [-0.4, -0.2) is 37.0 Å². The van der Waals surface area contributed by atoms with Gasteiger partial charge in [-0.25, -0.2) is 0 Å². The molecule has 0 N–H and O–H groups in total. The number of nitrogens with zero attached hydrogens (tertiary/aromatic N) is 1. The summed E-state index contributed by atoms with van der Waals surface area (Å²) in [6.07, 6.45) is 1.63. The zero-order valence-corrected chi connectivity index (χ0v) is 17.9. The Bertz CT molecular complexity index is 1040. The third-order valence-corrected chi connectivity index (χ3v) is 5.04. The number of amides is 1. The number of rotatable bonds is 8. The minimum Gasteiger partial charge on any atom is -0.494 e. The predicted molar refractivity (Wildman–Crippen MR) is 114 cm³/mol. The predicted octanol–water partition coefficient (Wildman–Crippen LogP) is 4.19. The fourth-order valence-electron chi connectivity index (χ4n) is 3.15. The Morgan fingerprint density at radius 3 is 2.47 bits per heavy atom. The number of esters is 1. The molecule has 6 nitrogen and oxygen atoms in total. The lowest BCUT2D eigenvalue weighted by Gasteiger charge is -2.17. The van der Waals surface area contributed by atoms with Crippen molar-refractivity contribution in [2.45, 2.75) is 33.7 Å². The Morgan fingerprint density at radius 1 is 1.07 bits per heavy atom. The molecule has 158 valence electrons. The van der Waals surface area contributed by atoms with Crippen molar-refractivity contribution in [2.75, 3.05) is 20.3 Å². The molecule has 2 aromatic carbocycles. The fraction of sp³-hybridized carbons (Fsp3) is 0.333. The average Bonchev–Trinajstić information content (AvgIpc) is 3.09. The molecule has 0 unspecified atom stereocenters. The van der Waals surface area contributed by atoms with Crippen molar-refractivity contribution < 1.29 is 23.5 Å². The van der Waals surface area contributed by atoms with Crippen molar-refractivity contribution in [1.29, 1.82) is 0 Å². The number of fused-ring (bicyclic) bond motifs is 1. The van der Waals surface area contributed by atoms with E-state index in [4.69, 9.17) is 13.9 Å². The number of hydrogen-bond donors (Lipinski definition) is 0. The standard InChI is InChI=1S/C24H27NO5/c1-5-28-20-8-6-18(7-9-20)13-25(4)23(26)15-30-24(27)12-19-14-29-22-11-17(3)16(2)10-21(19)22/h6-11,14H,5,12-13,15H2,1-4H3. The van der Waals surface area contributed by atoms with Gasteiger partial charge in [-0.15, -0.1) is 0 Å². The zero-order chi connectivity index (χ0) is 21.7. The first kappa shape index (κ1) is 21.4. The van der Waals surface area contributed by atoms with E-state index < -0.39 is 5.97 Å². The summed E-state index contributed by atoms with van der Waals surface area (Å²) in [6, 6.07) is 11.5. The molecule has 0 radical (unpaired) electrons. The quantitative estimate of drug-likeness (QED) is 0.522. The molecule has 0 saturated carbocycles. The first-order valence-electron chi connectivity index (χ1n) is 9.96. The maximum absolute atomic E-state index is 12.3. The largest absolute Gasteiger partial charge is 0.494 e. The van der Waals surface area contributed by atoms with E-state index in [1.165, 1.54) is 4.90 Å². The molecule has 0 saturated heterocycles. The SMILES string of the molecule is CCOc1ccc(CN(C)C(=O)COC(=O)Cc2coc3cc(C)c(C)cc23)cc1. The molecule has 1 aromatic heterocycles. The summed E-state index contributed by atoms with van der Waals surface area (Å²) in [4.78, 5) is 26.1. The summed E-state index contributed by atoms with van der Waals surface area (Å²) >= 11 is 0. The molecule has 0 atom stereocenters. The van der Waals surface area contributed by atoms with Gasteiger partial charge in [0.15, 0.2) is 6.61 Å². The number of carbonyl (C=O) groups excluding carboxylic acids is 2. The minimum absolute atomic E-state index is 0.0609. The van der Waals surface area contributed by atoms with E-state index in [-0.39, 0.29) is 18.9 Å². The van der Waals surface area contributed by atoms with Crippen molar-refractivity contribution in [3.8, 4) is 5.75 Å². The zero-order valence-electron chi connectivity index (χ0n) is 17.9. The summed E-state index contributed by atoms with van der Waals surface area (Å²) in [5.41, 5.74) is 4.73. The van der Waals surface area contributed by atoms with Gasteiger partial charge < -0.3 is 18.8 Å². The molecular formula is C24H27NO5. The van der Waals surface area contributed by atoms with Crippen LogP contribution < -0.4 is 4.74 Å². The number of benzene rings is 2. The van der Waals surface area contributed by atoms with E-state index >= 15 is 0 Å². The first-order valence-corrected chi connectivity index (χ1v) is 9.96. The van der Waals surface area contributed by atoms with Gasteiger partial charge in [-0.2, -0.15) is 0 Å². The van der Waals surface area contributed by atoms with Crippen LogP contribution in [0.25, 0.3) is 11.0 Å². The topological polar surface area (TPSA) is 69.0 Å². The molecule has 1 amide bonds. The van der Waals surface area contributed by atoms with Crippen LogP contribution in [0.15, 0.2) is 47.1 Å². The van der Waals surface area contributed by atoms with Crippen LogP contribution in [0.1, 0.15) is 29.2 Å². The maximum atomic E-state index is 12.3. The molecule has 0 bridgehead atoms. The number of aryl methyl sites for hydroxylation is 2. The smallest absolute Gasteiger partial charge is 0.310 e. The average molecular weight is 409 g/mol. The van der Waals surface area contributed by atoms with Crippen LogP contribution in [0.4, 0.5) is 0 Å². The van der Waals surface area contributed by atoms with Crippen molar-refractivity contribution >= 4 is 22.8 Å². The molecule has 0 aliphatic carbocycles. The number of carbonyl (C=O) groups is 2. The minimum atomic E-state index is -0.459. The van der Waals surface area contributed by atoms with Crippen LogP contribution in [0.5, 0.6) is 5.75 Å². The number of ether oxygens (including phenoxy) is 2. The first-order chi connectivity index (χ1) is 14.4. The van der Waals surface area contributed by atoms with Gasteiger partial charge in [0.1, 0.15) is 11.3 Å². The Hall–Kier alpha value is -3.28. The second-order valence-electron chi connectivity index (χ2n) is 7.36. The fourth-order valence-corrected chi connectivity index (χ4v) is 3.15. The second-order valence-corrected chi connectivity index (χ2v) is 7.36. The second kappa shape index (κ2) is 9.48. The van der Waals surface area contributed by atoms with Crippen molar-refractivity contribution in [3.63, 3.8) is 0 Å². The van der Waals surface area contributed by atoms with Crippen LogP contribution in [-0.2, 0) is 27.3 Å². The van der Waals surface area contributed by atoms with Crippen molar-refractivity contribution in [2.24, 2.45) is 0 Å². The van der Waals surface area contributed by atoms with Crippen LogP contribution in [0.3, 0.4) is 0 Å². The Balaban J connectivity index is 1.51. The lowest BCUT2D eigenvalue weighted by atomic mass is 10.0. The van der Waals surface area contributed by atoms with E-state index in [1.54, 1.807) is 13.3 Å². The molecule has 3 rings (SSSR count).